The normalized spacial score (nSPS) is 34.5. The van der Waals surface area contributed by atoms with Crippen LogP contribution in [0.1, 0.15) is 36.4 Å². The number of fused-ring (bicyclic) bond motifs is 2. The number of thiazole rings is 1. The zero-order valence-electron chi connectivity index (χ0n) is 9.86. The number of aryl methyl sites for hydroxylation is 1. The maximum atomic E-state index is 6.37. The molecule has 0 amide bonds. The Balaban J connectivity index is 1.63. The molecule has 88 valence electrons. The van der Waals surface area contributed by atoms with Crippen molar-refractivity contribution in [1.29, 1.82) is 0 Å². The Kier molecular flexibility index (Phi) is 2.76. The highest BCUT2D eigenvalue weighted by Crippen LogP contribution is 2.49. The van der Waals surface area contributed by atoms with E-state index < -0.39 is 0 Å². The number of aromatic nitrogens is 1. The fourth-order valence-electron chi connectivity index (χ4n) is 3.67. The molecule has 2 N–H and O–H groups in total. The molecule has 1 heterocycles. The zero-order chi connectivity index (χ0) is 11.1. The minimum atomic E-state index is 0.348. The summed E-state index contributed by atoms with van der Waals surface area (Å²) >= 11 is 1.77. The highest BCUT2D eigenvalue weighted by atomic mass is 32.1. The third-order valence-electron chi connectivity index (χ3n) is 4.42. The van der Waals surface area contributed by atoms with Gasteiger partial charge in [-0.25, -0.2) is 4.98 Å². The standard InChI is InChI=1S/C13H20N2S/c1-8-7-16-13(15-8)6-12(14)11-5-9-2-3-10(11)4-9/h7,9-12H,2-6,14H2,1H3. The molecule has 0 saturated heterocycles. The third-order valence-corrected chi connectivity index (χ3v) is 5.41. The Morgan fingerprint density at radius 1 is 1.50 bits per heavy atom. The molecule has 0 aliphatic heterocycles. The molecule has 3 rings (SSSR count). The van der Waals surface area contributed by atoms with Crippen LogP contribution in [0.3, 0.4) is 0 Å². The first kappa shape index (κ1) is 10.7. The fraction of sp³-hybridized carbons (Fsp3) is 0.769. The summed E-state index contributed by atoms with van der Waals surface area (Å²) in [5, 5.41) is 3.36. The van der Waals surface area contributed by atoms with E-state index in [1.807, 2.05) is 0 Å². The Labute approximate surface area is 101 Å². The van der Waals surface area contributed by atoms with Crippen LogP contribution >= 0.6 is 11.3 Å². The van der Waals surface area contributed by atoms with Crippen LogP contribution in [0, 0.1) is 24.7 Å². The van der Waals surface area contributed by atoms with Crippen LogP contribution in [0.2, 0.25) is 0 Å². The first-order valence-corrected chi connectivity index (χ1v) is 7.27. The smallest absolute Gasteiger partial charge is 0.0943 e. The van der Waals surface area contributed by atoms with Gasteiger partial charge in [0.05, 0.1) is 5.01 Å². The fourth-order valence-corrected chi connectivity index (χ4v) is 4.51. The first-order valence-electron chi connectivity index (χ1n) is 6.39. The van der Waals surface area contributed by atoms with Gasteiger partial charge in [0.15, 0.2) is 0 Å². The largest absolute Gasteiger partial charge is 0.327 e. The monoisotopic (exact) mass is 236 g/mol. The van der Waals surface area contributed by atoms with E-state index in [2.05, 4.69) is 17.3 Å². The van der Waals surface area contributed by atoms with E-state index in [-0.39, 0.29) is 0 Å². The van der Waals surface area contributed by atoms with E-state index in [1.165, 1.54) is 30.7 Å². The zero-order valence-corrected chi connectivity index (χ0v) is 10.7. The molecular formula is C13H20N2S. The molecule has 0 radical (unpaired) electrons. The lowest BCUT2D eigenvalue weighted by Crippen LogP contribution is -2.35. The molecule has 2 fully saturated rings. The minimum Gasteiger partial charge on any atom is -0.327 e. The van der Waals surface area contributed by atoms with E-state index in [1.54, 1.807) is 11.3 Å². The number of hydrogen-bond donors (Lipinski definition) is 1. The van der Waals surface area contributed by atoms with Crippen LogP contribution in [-0.4, -0.2) is 11.0 Å². The number of nitrogens with zero attached hydrogens (tertiary/aromatic N) is 1. The van der Waals surface area contributed by atoms with E-state index in [0.717, 1.165) is 29.9 Å². The summed E-state index contributed by atoms with van der Waals surface area (Å²) in [7, 11) is 0. The highest BCUT2D eigenvalue weighted by molar-refractivity contribution is 7.09. The van der Waals surface area contributed by atoms with E-state index in [9.17, 15) is 0 Å². The third kappa shape index (κ3) is 1.91. The van der Waals surface area contributed by atoms with Crippen molar-refractivity contribution in [3.63, 3.8) is 0 Å². The van der Waals surface area contributed by atoms with Crippen molar-refractivity contribution in [2.75, 3.05) is 0 Å². The van der Waals surface area contributed by atoms with Crippen molar-refractivity contribution in [1.82, 2.24) is 4.98 Å². The first-order chi connectivity index (χ1) is 7.72. The summed E-state index contributed by atoms with van der Waals surface area (Å²) in [6.45, 7) is 2.06. The number of rotatable bonds is 3. The molecule has 3 heteroatoms. The van der Waals surface area contributed by atoms with E-state index in [4.69, 9.17) is 5.73 Å². The molecule has 4 atom stereocenters. The summed E-state index contributed by atoms with van der Waals surface area (Å²) in [6.07, 6.45) is 6.72. The van der Waals surface area contributed by atoms with Crippen molar-refractivity contribution in [3.05, 3.63) is 16.1 Å². The van der Waals surface area contributed by atoms with Crippen LogP contribution < -0.4 is 5.73 Å². The van der Waals surface area contributed by atoms with Crippen LogP contribution in [-0.2, 0) is 6.42 Å². The predicted molar refractivity (Wildman–Crippen MR) is 67.5 cm³/mol. The van der Waals surface area contributed by atoms with Crippen molar-refractivity contribution in [2.24, 2.45) is 23.5 Å². The van der Waals surface area contributed by atoms with Crippen LogP contribution in [0.5, 0.6) is 0 Å². The molecule has 4 unspecified atom stereocenters. The van der Waals surface area contributed by atoms with Gasteiger partial charge in [-0.05, 0) is 43.9 Å². The van der Waals surface area contributed by atoms with Gasteiger partial charge in [0.1, 0.15) is 0 Å². The van der Waals surface area contributed by atoms with Crippen LogP contribution in [0.15, 0.2) is 5.38 Å². The Hall–Kier alpha value is -0.410. The quantitative estimate of drug-likeness (QED) is 0.876. The van der Waals surface area contributed by atoms with Crippen molar-refractivity contribution >= 4 is 11.3 Å². The van der Waals surface area contributed by atoms with Gasteiger partial charge in [-0.2, -0.15) is 0 Å². The average Bonchev–Trinajstić information content (AvgIpc) is 2.93. The van der Waals surface area contributed by atoms with Crippen molar-refractivity contribution < 1.29 is 0 Å². The maximum absolute atomic E-state index is 6.37. The molecule has 2 aliphatic rings. The molecule has 2 nitrogen and oxygen atoms in total. The topological polar surface area (TPSA) is 38.9 Å². The molecule has 2 aliphatic carbocycles. The van der Waals surface area contributed by atoms with Gasteiger partial charge in [-0.3, -0.25) is 0 Å². The molecule has 0 aromatic carbocycles. The van der Waals surface area contributed by atoms with E-state index >= 15 is 0 Å². The van der Waals surface area contributed by atoms with Gasteiger partial charge in [-0.1, -0.05) is 6.42 Å². The minimum absolute atomic E-state index is 0.348. The Bertz CT molecular complexity index is 374. The van der Waals surface area contributed by atoms with Gasteiger partial charge >= 0.3 is 0 Å². The molecule has 2 bridgehead atoms. The summed E-state index contributed by atoms with van der Waals surface area (Å²) < 4.78 is 0. The average molecular weight is 236 g/mol. The summed E-state index contributed by atoms with van der Waals surface area (Å²) in [4.78, 5) is 4.52. The SMILES string of the molecule is Cc1csc(CC(N)C2CC3CCC2C3)n1. The summed E-state index contributed by atoms with van der Waals surface area (Å²) in [6, 6.07) is 0.348. The highest BCUT2D eigenvalue weighted by Gasteiger charge is 2.42. The summed E-state index contributed by atoms with van der Waals surface area (Å²) in [5.41, 5.74) is 7.51. The molecule has 1 aromatic heterocycles. The Morgan fingerprint density at radius 2 is 2.38 bits per heavy atom. The lowest BCUT2D eigenvalue weighted by atomic mass is 9.82. The van der Waals surface area contributed by atoms with Crippen molar-refractivity contribution in [3.8, 4) is 0 Å². The van der Waals surface area contributed by atoms with Gasteiger partial charge in [-0.15, -0.1) is 11.3 Å². The summed E-state index contributed by atoms with van der Waals surface area (Å²) in [5.74, 6) is 2.71. The van der Waals surface area contributed by atoms with Crippen LogP contribution in [0.4, 0.5) is 0 Å². The predicted octanol–water partition coefficient (Wildman–Crippen LogP) is 2.76. The van der Waals surface area contributed by atoms with Gasteiger partial charge in [0.25, 0.3) is 0 Å². The second-order valence-electron chi connectivity index (χ2n) is 5.59. The van der Waals surface area contributed by atoms with Gasteiger partial charge in [0, 0.05) is 23.5 Å². The molecule has 1 aromatic rings. The number of nitrogens with two attached hydrogens (primary N) is 1. The lowest BCUT2D eigenvalue weighted by molar-refractivity contribution is 0.280. The molecule has 0 spiro atoms. The lowest BCUT2D eigenvalue weighted by Gasteiger charge is -2.27. The molecule has 16 heavy (non-hydrogen) atoms. The number of hydrogen-bond acceptors (Lipinski definition) is 3. The van der Waals surface area contributed by atoms with Gasteiger partial charge in [0.2, 0.25) is 0 Å². The van der Waals surface area contributed by atoms with Crippen molar-refractivity contribution in [2.45, 2.75) is 45.1 Å². The maximum Gasteiger partial charge on any atom is 0.0943 e. The molecule has 2 saturated carbocycles. The van der Waals surface area contributed by atoms with Gasteiger partial charge < -0.3 is 5.73 Å². The van der Waals surface area contributed by atoms with Crippen LogP contribution in [0.25, 0.3) is 0 Å². The molecular weight excluding hydrogens is 216 g/mol. The Morgan fingerprint density at radius 3 is 2.94 bits per heavy atom. The second kappa shape index (κ2) is 4.11. The second-order valence-corrected chi connectivity index (χ2v) is 6.53. The van der Waals surface area contributed by atoms with E-state index in [0.29, 0.717) is 6.04 Å².